The van der Waals surface area contributed by atoms with Gasteiger partial charge in [0.25, 0.3) is 5.56 Å². The fourth-order valence-corrected chi connectivity index (χ4v) is 7.30. The quantitative estimate of drug-likeness (QED) is 0.368. The van der Waals surface area contributed by atoms with Gasteiger partial charge >= 0.3 is 0 Å². The summed E-state index contributed by atoms with van der Waals surface area (Å²) in [4.78, 5) is 36.0. The first-order chi connectivity index (χ1) is 16.0. The number of hydrogen-bond donors (Lipinski definition) is 0. The Hall–Kier alpha value is -2.12. The van der Waals surface area contributed by atoms with Crippen LogP contribution in [-0.2, 0) is 17.6 Å². The van der Waals surface area contributed by atoms with Crippen LogP contribution in [0.5, 0.6) is 0 Å². The van der Waals surface area contributed by atoms with Gasteiger partial charge in [-0.25, -0.2) is 4.98 Å². The number of rotatable bonds is 4. The molecule has 2 aromatic heterocycles. The van der Waals surface area contributed by atoms with E-state index in [4.69, 9.17) is 4.98 Å². The zero-order valence-corrected chi connectivity index (χ0v) is 21.1. The number of benzene rings is 1. The zero-order valence-electron chi connectivity index (χ0n) is 19.5. The number of carbonyl (C=O) groups excluding carboxylic acids is 1. The summed E-state index contributed by atoms with van der Waals surface area (Å²) in [7, 11) is 0. The molecule has 33 heavy (non-hydrogen) atoms. The Morgan fingerprint density at radius 1 is 1.06 bits per heavy atom. The minimum atomic E-state index is 0.0103. The van der Waals surface area contributed by atoms with Crippen LogP contribution in [0.15, 0.2) is 28.2 Å². The number of fused-ring (bicyclic) bond motifs is 3. The van der Waals surface area contributed by atoms with Crippen molar-refractivity contribution in [2.45, 2.75) is 70.4 Å². The molecule has 1 aliphatic carbocycles. The second kappa shape index (κ2) is 9.63. The van der Waals surface area contributed by atoms with Crippen molar-refractivity contribution in [2.24, 2.45) is 0 Å². The molecule has 0 N–H and O–H groups in total. The summed E-state index contributed by atoms with van der Waals surface area (Å²) in [5.74, 6) is 0.461. The molecule has 0 saturated carbocycles. The Morgan fingerprint density at radius 2 is 1.82 bits per heavy atom. The maximum atomic E-state index is 13.9. The van der Waals surface area contributed by atoms with Crippen LogP contribution in [0.1, 0.15) is 60.1 Å². The number of carbonyl (C=O) groups is 1. The van der Waals surface area contributed by atoms with Crippen LogP contribution in [0, 0.1) is 13.8 Å². The van der Waals surface area contributed by atoms with E-state index in [0.29, 0.717) is 10.9 Å². The molecule has 1 aliphatic heterocycles. The first-order valence-corrected chi connectivity index (χ1v) is 13.9. The van der Waals surface area contributed by atoms with Crippen molar-refractivity contribution in [1.82, 2.24) is 14.5 Å². The van der Waals surface area contributed by atoms with Crippen molar-refractivity contribution < 1.29 is 4.79 Å². The molecule has 1 saturated heterocycles. The van der Waals surface area contributed by atoms with Crippen LogP contribution < -0.4 is 5.56 Å². The van der Waals surface area contributed by atoms with Crippen molar-refractivity contribution in [3.63, 3.8) is 0 Å². The topological polar surface area (TPSA) is 55.2 Å². The lowest BCUT2D eigenvalue weighted by Crippen LogP contribution is -2.33. The second-order valence-electron chi connectivity index (χ2n) is 9.30. The van der Waals surface area contributed by atoms with Gasteiger partial charge in [-0.3, -0.25) is 14.2 Å². The normalized spacial score (nSPS) is 16.6. The molecular weight excluding hydrogens is 450 g/mol. The van der Waals surface area contributed by atoms with Crippen molar-refractivity contribution in [3.8, 4) is 5.69 Å². The maximum Gasteiger partial charge on any atom is 0.267 e. The summed E-state index contributed by atoms with van der Waals surface area (Å²) >= 11 is 3.08. The van der Waals surface area contributed by atoms with Gasteiger partial charge in [-0.1, -0.05) is 42.3 Å². The molecule has 7 heteroatoms. The number of aromatic nitrogens is 2. The molecule has 0 unspecified atom stereocenters. The average molecular weight is 482 g/mol. The lowest BCUT2D eigenvalue weighted by Gasteiger charge is -2.20. The molecule has 0 bridgehead atoms. The Morgan fingerprint density at radius 3 is 2.58 bits per heavy atom. The molecule has 3 heterocycles. The number of likely N-dealkylation sites (tertiary alicyclic amines) is 1. The van der Waals surface area contributed by atoms with Crippen LogP contribution in [0.25, 0.3) is 15.9 Å². The van der Waals surface area contributed by atoms with Crippen LogP contribution in [0.4, 0.5) is 0 Å². The number of hydrogen-bond acceptors (Lipinski definition) is 5. The van der Waals surface area contributed by atoms with E-state index in [2.05, 4.69) is 13.0 Å². The third kappa shape index (κ3) is 4.50. The summed E-state index contributed by atoms with van der Waals surface area (Å²) < 4.78 is 1.76. The van der Waals surface area contributed by atoms with Crippen LogP contribution in [0.3, 0.4) is 0 Å². The van der Waals surface area contributed by atoms with E-state index in [0.717, 1.165) is 72.2 Å². The summed E-state index contributed by atoms with van der Waals surface area (Å²) in [5.41, 5.74) is 4.28. The Kier molecular flexibility index (Phi) is 6.61. The summed E-state index contributed by atoms with van der Waals surface area (Å²) in [6.07, 6.45) is 8.85. The second-order valence-corrected chi connectivity index (χ2v) is 11.3. The molecule has 0 atom stereocenters. The maximum absolute atomic E-state index is 13.9. The third-order valence-electron chi connectivity index (χ3n) is 6.83. The zero-order chi connectivity index (χ0) is 22.9. The van der Waals surface area contributed by atoms with Gasteiger partial charge in [0.15, 0.2) is 5.16 Å². The van der Waals surface area contributed by atoms with Gasteiger partial charge in [0.05, 0.1) is 16.8 Å². The molecule has 174 valence electrons. The van der Waals surface area contributed by atoms with Gasteiger partial charge < -0.3 is 4.90 Å². The number of aryl methyl sites for hydroxylation is 4. The Labute approximate surface area is 203 Å². The van der Waals surface area contributed by atoms with E-state index >= 15 is 0 Å². The van der Waals surface area contributed by atoms with Gasteiger partial charge in [0.1, 0.15) is 4.83 Å². The highest BCUT2D eigenvalue weighted by Crippen LogP contribution is 2.35. The Balaban J connectivity index is 1.57. The third-order valence-corrected chi connectivity index (χ3v) is 8.94. The van der Waals surface area contributed by atoms with E-state index in [9.17, 15) is 9.59 Å². The lowest BCUT2D eigenvalue weighted by atomic mass is 9.97. The van der Waals surface area contributed by atoms with Gasteiger partial charge in [-0.05, 0) is 69.6 Å². The molecular formula is C26H31N3O2S2. The van der Waals surface area contributed by atoms with Gasteiger partial charge in [-0.2, -0.15) is 0 Å². The van der Waals surface area contributed by atoms with E-state index in [1.165, 1.54) is 41.5 Å². The van der Waals surface area contributed by atoms with Crippen molar-refractivity contribution >= 4 is 39.2 Å². The van der Waals surface area contributed by atoms with Gasteiger partial charge in [-0.15, -0.1) is 11.3 Å². The lowest BCUT2D eigenvalue weighted by molar-refractivity contribution is -0.128. The molecule has 3 aromatic rings. The highest BCUT2D eigenvalue weighted by atomic mass is 32.2. The van der Waals surface area contributed by atoms with Crippen molar-refractivity contribution in [3.05, 3.63) is 50.1 Å². The predicted octanol–water partition coefficient (Wildman–Crippen LogP) is 5.44. The molecule has 0 radical (unpaired) electrons. The summed E-state index contributed by atoms with van der Waals surface area (Å²) in [6, 6.07) is 6.16. The monoisotopic (exact) mass is 481 g/mol. The average Bonchev–Trinajstić information content (AvgIpc) is 2.96. The van der Waals surface area contributed by atoms with E-state index in [1.54, 1.807) is 15.9 Å². The van der Waals surface area contributed by atoms with Gasteiger partial charge in [0, 0.05) is 18.0 Å². The summed E-state index contributed by atoms with van der Waals surface area (Å²) in [6.45, 7) is 5.78. The Bertz CT molecular complexity index is 1250. The minimum Gasteiger partial charge on any atom is -0.342 e. The van der Waals surface area contributed by atoms with Crippen LogP contribution in [0.2, 0.25) is 0 Å². The molecule has 1 amide bonds. The predicted molar refractivity (Wildman–Crippen MR) is 137 cm³/mol. The molecule has 1 aromatic carbocycles. The number of thiophene rings is 1. The standard InChI is InChI=1S/C26H31N3O2S2/c1-17-11-12-20(18(2)15-17)29-25(31)23-19-9-5-6-10-21(19)33-24(23)27-26(29)32-16-22(30)28-13-7-3-4-8-14-28/h11-12,15H,3-10,13-14,16H2,1-2H3. The fraction of sp³-hybridized carbons (Fsp3) is 0.500. The summed E-state index contributed by atoms with van der Waals surface area (Å²) in [5, 5.41) is 1.42. The van der Waals surface area contributed by atoms with E-state index in [1.807, 2.05) is 24.0 Å². The SMILES string of the molecule is Cc1ccc(-n2c(SCC(=O)N3CCCCCC3)nc3sc4c(c3c2=O)CCCC4)c(C)c1. The van der Waals surface area contributed by atoms with E-state index < -0.39 is 0 Å². The minimum absolute atomic E-state index is 0.0103. The first kappa shape index (κ1) is 22.7. The highest BCUT2D eigenvalue weighted by molar-refractivity contribution is 7.99. The first-order valence-electron chi connectivity index (χ1n) is 12.1. The van der Waals surface area contributed by atoms with Crippen molar-refractivity contribution in [2.75, 3.05) is 18.8 Å². The van der Waals surface area contributed by atoms with Crippen LogP contribution >= 0.6 is 23.1 Å². The van der Waals surface area contributed by atoms with Crippen LogP contribution in [-0.4, -0.2) is 39.2 Å². The molecule has 0 spiro atoms. The molecule has 1 fully saturated rings. The number of thioether (sulfide) groups is 1. The van der Waals surface area contributed by atoms with Crippen molar-refractivity contribution in [1.29, 1.82) is 0 Å². The smallest absolute Gasteiger partial charge is 0.267 e. The fourth-order valence-electron chi connectivity index (χ4n) is 5.09. The highest BCUT2D eigenvalue weighted by Gasteiger charge is 2.24. The van der Waals surface area contributed by atoms with Gasteiger partial charge in [0.2, 0.25) is 5.91 Å². The molecule has 5 nitrogen and oxygen atoms in total. The molecule has 5 rings (SSSR count). The molecule has 2 aliphatic rings. The largest absolute Gasteiger partial charge is 0.342 e. The number of nitrogens with zero attached hydrogens (tertiary/aromatic N) is 3. The van der Waals surface area contributed by atoms with E-state index in [-0.39, 0.29) is 11.5 Å². The number of amides is 1.